The molecule has 12 rings (SSSR count). The quantitative estimate of drug-likeness (QED) is 0.147. The Morgan fingerprint density at radius 2 is 0.824 bits per heavy atom. The van der Waals surface area contributed by atoms with Crippen LogP contribution in [-0.4, -0.2) is 43.8 Å². The van der Waals surface area contributed by atoms with Gasteiger partial charge in [0.05, 0.1) is 16.4 Å². The minimum absolute atomic E-state index is 0.512. The van der Waals surface area contributed by atoms with E-state index in [1.165, 1.54) is 110 Å². The first-order valence-corrected chi connectivity index (χ1v) is 23.8. The summed E-state index contributed by atoms with van der Waals surface area (Å²) >= 11 is 0. The van der Waals surface area contributed by atoms with E-state index in [1.807, 2.05) is 0 Å². The molecule has 10 aromatic carbocycles. The number of anilines is 3. The van der Waals surface area contributed by atoms with Gasteiger partial charge in [0.25, 0.3) is 0 Å². The lowest BCUT2D eigenvalue weighted by Gasteiger charge is -2.35. The Hall–Kier alpha value is -7.88. The van der Waals surface area contributed by atoms with E-state index < -0.39 is 5.41 Å². The predicted octanol–water partition coefficient (Wildman–Crippen LogP) is 7.24. The molecule has 2 nitrogen and oxygen atoms in total. The number of benzene rings is 10. The van der Waals surface area contributed by atoms with E-state index in [0.29, 0.717) is 0 Å². The van der Waals surface area contributed by atoms with E-state index in [4.69, 9.17) is 0 Å². The Balaban J connectivity index is 1.03. The van der Waals surface area contributed by atoms with Gasteiger partial charge < -0.3 is 9.47 Å². The number of fused-ring (bicyclic) bond motifs is 6. The van der Waals surface area contributed by atoms with E-state index in [0.717, 1.165) is 17.1 Å². The molecule has 0 N–H and O–H groups in total. The smallest absolute Gasteiger partial charge is 0.139 e. The summed E-state index contributed by atoms with van der Waals surface area (Å²) in [6, 6.07) is 83.1. The molecule has 0 bridgehead atoms. The van der Waals surface area contributed by atoms with Gasteiger partial charge in [-0.05, 0) is 122 Å². The van der Waals surface area contributed by atoms with Crippen molar-refractivity contribution in [1.82, 2.24) is 4.57 Å². The second kappa shape index (κ2) is 16.5. The van der Waals surface area contributed by atoms with E-state index in [9.17, 15) is 0 Å². The van der Waals surface area contributed by atoms with Crippen LogP contribution in [0, 0.1) is 0 Å². The maximum atomic E-state index is 2.47. The lowest BCUT2D eigenvalue weighted by atomic mass is 9.60. The highest BCUT2D eigenvalue weighted by Gasteiger charge is 2.46. The van der Waals surface area contributed by atoms with Gasteiger partial charge in [-0.15, -0.1) is 16.4 Å². The highest BCUT2D eigenvalue weighted by atomic mass is 15.1. The molecular weight excluding hydrogens is 815 g/mol. The Labute approximate surface area is 404 Å². The van der Waals surface area contributed by atoms with Gasteiger partial charge in [-0.3, -0.25) is 0 Å². The van der Waals surface area contributed by atoms with Crippen LogP contribution in [0.1, 0.15) is 22.3 Å². The standard InChI is InChI=1S/C61H47B5N2/c62-56-55(57(63)59(65)60(66)58(56)64)39-26-31-45(32-27-39)67(44-29-24-38(25-30-44)40-28-35-54-50(36-40)49-21-11-13-23-53(49)68(54)43-18-8-3-9-19-43)46-33-34-48-47-20-10-12-22-51(47)61(52(48)37-46,41-14-4-1-5-15-41)42-16-6-2-7-17-42/h1-37H,62-66H2. The van der Waals surface area contributed by atoms with Gasteiger partial charge in [-0.25, -0.2) is 0 Å². The molecule has 0 unspecified atom stereocenters. The van der Waals surface area contributed by atoms with Crippen LogP contribution in [0.5, 0.6) is 0 Å². The third-order valence-corrected chi connectivity index (χ3v) is 15.3. The SMILES string of the molecule is Bc1c(B)c(B)c(-c2ccc(N(c3ccc(-c4ccc5c(c4)c4ccccc4n5-c4ccccc4)cc3)c3ccc4c(c3)C(c3ccccc3)(c3ccccc3)c3ccccc3-4)cc2)c(B)c1B. The molecule has 7 heteroatoms. The summed E-state index contributed by atoms with van der Waals surface area (Å²) in [6.45, 7) is 0. The van der Waals surface area contributed by atoms with E-state index in [1.54, 1.807) is 0 Å². The lowest BCUT2D eigenvalue weighted by Crippen LogP contribution is -2.55. The molecule has 1 aromatic heterocycles. The maximum Gasteiger partial charge on any atom is 0.139 e. The second-order valence-corrected chi connectivity index (χ2v) is 18.6. The van der Waals surface area contributed by atoms with Gasteiger partial charge in [0, 0.05) is 33.5 Å². The van der Waals surface area contributed by atoms with Crippen molar-refractivity contribution >= 4 is 105 Å². The maximum absolute atomic E-state index is 2.47. The average Bonchev–Trinajstić information content (AvgIpc) is 3.89. The van der Waals surface area contributed by atoms with Gasteiger partial charge in [0.2, 0.25) is 0 Å². The van der Waals surface area contributed by atoms with Crippen molar-refractivity contribution in [3.8, 4) is 39.1 Å². The molecule has 68 heavy (non-hydrogen) atoms. The summed E-state index contributed by atoms with van der Waals surface area (Å²) in [4.78, 5) is 2.44. The van der Waals surface area contributed by atoms with E-state index in [2.05, 4.69) is 273 Å². The van der Waals surface area contributed by atoms with Crippen LogP contribution in [0.25, 0.3) is 60.9 Å². The molecule has 0 saturated heterocycles. The van der Waals surface area contributed by atoms with Gasteiger partial charge >= 0.3 is 0 Å². The molecule has 1 heterocycles. The minimum atomic E-state index is -0.512. The van der Waals surface area contributed by atoms with E-state index in [-0.39, 0.29) is 0 Å². The van der Waals surface area contributed by atoms with Crippen molar-refractivity contribution in [1.29, 1.82) is 0 Å². The zero-order valence-electron chi connectivity index (χ0n) is 39.3. The van der Waals surface area contributed by atoms with Crippen LogP contribution >= 0.6 is 0 Å². The van der Waals surface area contributed by atoms with Gasteiger partial charge in [-0.2, -0.15) is 0 Å². The highest BCUT2D eigenvalue weighted by Crippen LogP contribution is 2.57. The first kappa shape index (κ1) is 41.5. The molecule has 316 valence electrons. The summed E-state index contributed by atoms with van der Waals surface area (Å²) in [5, 5.41) is 2.50. The molecule has 0 radical (unpaired) electrons. The summed E-state index contributed by atoms with van der Waals surface area (Å²) in [5.74, 6) is 0. The fourth-order valence-corrected chi connectivity index (χ4v) is 11.5. The predicted molar refractivity (Wildman–Crippen MR) is 305 cm³/mol. The van der Waals surface area contributed by atoms with Gasteiger partial charge in [0.1, 0.15) is 39.2 Å². The molecule has 1 aliphatic carbocycles. The Morgan fingerprint density at radius 1 is 0.338 bits per heavy atom. The third kappa shape index (κ3) is 6.40. The molecule has 0 atom stereocenters. The zero-order valence-corrected chi connectivity index (χ0v) is 39.3. The van der Waals surface area contributed by atoms with Crippen LogP contribution < -0.4 is 32.2 Å². The molecule has 0 fully saturated rings. The van der Waals surface area contributed by atoms with Crippen LogP contribution in [0.3, 0.4) is 0 Å². The van der Waals surface area contributed by atoms with Crippen LogP contribution in [0.4, 0.5) is 17.1 Å². The lowest BCUT2D eigenvalue weighted by molar-refractivity contribution is 0.768. The number of para-hydroxylation sites is 2. The molecule has 1 aliphatic rings. The summed E-state index contributed by atoms with van der Waals surface area (Å²) in [5.41, 5.74) is 25.8. The minimum Gasteiger partial charge on any atom is -0.310 e. The van der Waals surface area contributed by atoms with Crippen LogP contribution in [0.15, 0.2) is 224 Å². The summed E-state index contributed by atoms with van der Waals surface area (Å²) < 4.78 is 2.38. The largest absolute Gasteiger partial charge is 0.310 e. The van der Waals surface area contributed by atoms with Gasteiger partial charge in [-0.1, -0.05) is 169 Å². The summed E-state index contributed by atoms with van der Waals surface area (Å²) in [6.07, 6.45) is 0. The van der Waals surface area contributed by atoms with Crippen molar-refractivity contribution in [2.45, 2.75) is 5.41 Å². The van der Waals surface area contributed by atoms with E-state index >= 15 is 0 Å². The number of hydrogen-bond donors (Lipinski definition) is 0. The Bertz CT molecular complexity index is 3650. The van der Waals surface area contributed by atoms with Crippen LogP contribution in [-0.2, 0) is 5.41 Å². The topological polar surface area (TPSA) is 8.17 Å². The molecule has 0 amide bonds. The van der Waals surface area contributed by atoms with Crippen molar-refractivity contribution in [3.63, 3.8) is 0 Å². The number of rotatable bonds is 8. The Morgan fingerprint density at radius 3 is 1.47 bits per heavy atom. The second-order valence-electron chi connectivity index (χ2n) is 18.6. The first-order chi connectivity index (χ1) is 33.3. The fraction of sp³-hybridized carbons (Fsp3) is 0.0164. The van der Waals surface area contributed by atoms with Crippen molar-refractivity contribution in [3.05, 3.63) is 247 Å². The number of aromatic nitrogens is 1. The molecular formula is C61H47B5N2. The zero-order chi connectivity index (χ0) is 46.1. The Kier molecular flexibility index (Phi) is 10.1. The molecule has 0 spiro atoms. The monoisotopic (exact) mass is 862 g/mol. The molecule has 0 saturated carbocycles. The fourth-order valence-electron chi connectivity index (χ4n) is 11.5. The van der Waals surface area contributed by atoms with Crippen molar-refractivity contribution < 1.29 is 0 Å². The highest BCUT2D eigenvalue weighted by molar-refractivity contribution is 6.68. The average molecular weight is 862 g/mol. The number of nitrogens with zero attached hydrogens (tertiary/aromatic N) is 2. The number of hydrogen-bond acceptors (Lipinski definition) is 1. The van der Waals surface area contributed by atoms with Crippen molar-refractivity contribution in [2.24, 2.45) is 0 Å². The third-order valence-electron chi connectivity index (χ3n) is 15.3. The van der Waals surface area contributed by atoms with Crippen molar-refractivity contribution in [2.75, 3.05) is 4.90 Å². The van der Waals surface area contributed by atoms with Gasteiger partial charge in [0.15, 0.2) is 0 Å². The van der Waals surface area contributed by atoms with Crippen LogP contribution in [0.2, 0.25) is 0 Å². The summed E-state index contributed by atoms with van der Waals surface area (Å²) in [7, 11) is 11.3. The first-order valence-electron chi connectivity index (χ1n) is 23.8. The molecule has 0 aliphatic heterocycles. The normalized spacial score (nSPS) is 12.5. The molecule has 11 aromatic rings.